The fraction of sp³-hybridized carbons (Fsp3) is 0. The maximum Gasteiger partial charge on any atom is 0.0601 e. The van der Waals surface area contributed by atoms with Crippen molar-refractivity contribution in [2.24, 2.45) is 0 Å². The van der Waals surface area contributed by atoms with Crippen LogP contribution in [0, 0.1) is 0 Å². The van der Waals surface area contributed by atoms with Crippen molar-refractivity contribution in [2.45, 2.75) is 9.79 Å². The van der Waals surface area contributed by atoms with Crippen LogP contribution in [0.15, 0.2) is 198 Å². The van der Waals surface area contributed by atoms with Crippen LogP contribution < -0.4 is 4.90 Å². The molecule has 0 spiro atoms. The lowest BCUT2D eigenvalue weighted by Gasteiger charge is -2.33. The SMILES string of the molecule is c1ccc(-c2cc3ccccc3cc2-c2c3ccccc3c(-c3ccc(N4c5ccccc5Sc5ccccc54)cc3)c3ccccc23)cc1. The summed E-state index contributed by atoms with van der Waals surface area (Å²) in [5, 5.41) is 7.52. The Labute approximate surface area is 296 Å². The third-order valence-corrected chi connectivity index (χ3v) is 11.1. The van der Waals surface area contributed by atoms with Crippen molar-refractivity contribution in [2.75, 3.05) is 4.90 Å². The van der Waals surface area contributed by atoms with Gasteiger partial charge in [-0.3, -0.25) is 0 Å². The summed E-state index contributed by atoms with van der Waals surface area (Å²) in [6.07, 6.45) is 0. The predicted octanol–water partition coefficient (Wildman–Crippen LogP) is 14.1. The Kier molecular flexibility index (Phi) is 6.82. The second-order valence-electron chi connectivity index (χ2n) is 12.9. The first kappa shape index (κ1) is 28.9. The highest BCUT2D eigenvalue weighted by Gasteiger charge is 2.25. The first-order chi connectivity index (χ1) is 24.8. The van der Waals surface area contributed by atoms with Gasteiger partial charge >= 0.3 is 0 Å². The smallest absolute Gasteiger partial charge is 0.0601 e. The molecule has 0 aromatic heterocycles. The van der Waals surface area contributed by atoms with Crippen LogP contribution in [0.4, 0.5) is 17.1 Å². The molecule has 0 N–H and O–H groups in total. The van der Waals surface area contributed by atoms with Crippen molar-refractivity contribution in [3.63, 3.8) is 0 Å². The summed E-state index contributed by atoms with van der Waals surface area (Å²) < 4.78 is 0. The van der Waals surface area contributed by atoms with Gasteiger partial charge in [0.25, 0.3) is 0 Å². The van der Waals surface area contributed by atoms with Gasteiger partial charge in [-0.1, -0.05) is 151 Å². The van der Waals surface area contributed by atoms with Crippen LogP contribution in [-0.4, -0.2) is 0 Å². The van der Waals surface area contributed by atoms with Crippen LogP contribution in [0.5, 0.6) is 0 Å². The average molecular weight is 654 g/mol. The molecule has 0 saturated carbocycles. The first-order valence-electron chi connectivity index (χ1n) is 17.1. The minimum Gasteiger partial charge on any atom is -0.308 e. The van der Waals surface area contributed by atoms with Crippen LogP contribution >= 0.6 is 11.8 Å². The molecule has 1 aliphatic heterocycles. The largest absolute Gasteiger partial charge is 0.308 e. The average Bonchev–Trinajstić information content (AvgIpc) is 3.19. The van der Waals surface area contributed by atoms with E-state index in [1.807, 2.05) is 11.8 Å². The van der Waals surface area contributed by atoms with E-state index < -0.39 is 0 Å². The fourth-order valence-corrected chi connectivity index (χ4v) is 8.85. The molecular formula is C48H31NS. The summed E-state index contributed by atoms with van der Waals surface area (Å²) in [5.41, 5.74) is 11.1. The van der Waals surface area contributed by atoms with E-state index in [-0.39, 0.29) is 0 Å². The molecule has 0 unspecified atom stereocenters. The molecule has 1 heterocycles. The van der Waals surface area contributed by atoms with Crippen molar-refractivity contribution >= 4 is 61.1 Å². The number of hydrogen-bond acceptors (Lipinski definition) is 2. The van der Waals surface area contributed by atoms with Crippen molar-refractivity contribution in [3.8, 4) is 33.4 Å². The number of hydrogen-bond donors (Lipinski definition) is 0. The first-order valence-corrected chi connectivity index (χ1v) is 17.9. The minimum absolute atomic E-state index is 1.16. The number of nitrogens with zero attached hydrogens (tertiary/aromatic N) is 1. The second-order valence-corrected chi connectivity index (χ2v) is 14.0. The zero-order chi connectivity index (χ0) is 33.0. The Balaban J connectivity index is 1.20. The zero-order valence-electron chi connectivity index (χ0n) is 27.3. The molecule has 1 aliphatic rings. The Hall–Kier alpha value is -6.09. The summed E-state index contributed by atoms with van der Waals surface area (Å²) in [6.45, 7) is 0. The zero-order valence-corrected chi connectivity index (χ0v) is 28.1. The highest BCUT2D eigenvalue weighted by Crippen LogP contribution is 2.52. The molecule has 50 heavy (non-hydrogen) atoms. The lowest BCUT2D eigenvalue weighted by molar-refractivity contribution is 1.17. The number of para-hydroxylation sites is 2. The van der Waals surface area contributed by atoms with Crippen molar-refractivity contribution < 1.29 is 0 Å². The Morgan fingerprint density at radius 3 is 1.38 bits per heavy atom. The lowest BCUT2D eigenvalue weighted by atomic mass is 9.83. The van der Waals surface area contributed by atoms with Crippen molar-refractivity contribution in [1.82, 2.24) is 0 Å². The third kappa shape index (κ3) is 4.64. The van der Waals surface area contributed by atoms with E-state index in [1.54, 1.807) is 0 Å². The molecule has 0 bridgehead atoms. The second kappa shape index (κ2) is 11.8. The van der Waals surface area contributed by atoms with Gasteiger partial charge in [-0.2, -0.15) is 0 Å². The van der Waals surface area contributed by atoms with Crippen LogP contribution in [0.25, 0.3) is 65.7 Å². The van der Waals surface area contributed by atoms with E-state index in [1.165, 1.54) is 86.9 Å². The van der Waals surface area contributed by atoms with Gasteiger partial charge in [-0.25, -0.2) is 0 Å². The molecule has 0 saturated heterocycles. The van der Waals surface area contributed by atoms with Crippen LogP contribution in [-0.2, 0) is 0 Å². The highest BCUT2D eigenvalue weighted by atomic mass is 32.2. The van der Waals surface area contributed by atoms with Gasteiger partial charge in [0, 0.05) is 15.5 Å². The van der Waals surface area contributed by atoms with Crippen molar-refractivity contribution in [1.29, 1.82) is 0 Å². The summed E-state index contributed by atoms with van der Waals surface area (Å²) >= 11 is 1.84. The maximum absolute atomic E-state index is 2.40. The van der Waals surface area contributed by atoms with Gasteiger partial charge in [0.1, 0.15) is 0 Å². The molecule has 10 rings (SSSR count). The van der Waals surface area contributed by atoms with Gasteiger partial charge < -0.3 is 4.90 Å². The summed E-state index contributed by atoms with van der Waals surface area (Å²) in [5.74, 6) is 0. The van der Waals surface area contributed by atoms with Crippen LogP contribution in [0.2, 0.25) is 0 Å². The number of benzene rings is 9. The number of rotatable bonds is 4. The maximum atomic E-state index is 2.40. The molecule has 2 heteroatoms. The van der Waals surface area contributed by atoms with Gasteiger partial charge in [-0.05, 0) is 114 Å². The van der Waals surface area contributed by atoms with E-state index in [9.17, 15) is 0 Å². The van der Waals surface area contributed by atoms with Gasteiger partial charge in [0.05, 0.1) is 11.4 Å². The Morgan fingerprint density at radius 1 is 0.340 bits per heavy atom. The molecule has 9 aromatic carbocycles. The summed E-state index contributed by atoms with van der Waals surface area (Å²) in [7, 11) is 0. The number of anilines is 3. The lowest BCUT2D eigenvalue weighted by Crippen LogP contribution is -2.14. The summed E-state index contributed by atoms with van der Waals surface area (Å²) in [4.78, 5) is 4.94. The summed E-state index contributed by atoms with van der Waals surface area (Å²) in [6, 6.07) is 68.8. The predicted molar refractivity (Wildman–Crippen MR) is 214 cm³/mol. The van der Waals surface area contributed by atoms with Gasteiger partial charge in [0.2, 0.25) is 0 Å². The van der Waals surface area contributed by atoms with E-state index in [0.717, 1.165) is 5.69 Å². The van der Waals surface area contributed by atoms with E-state index in [4.69, 9.17) is 0 Å². The van der Waals surface area contributed by atoms with Crippen molar-refractivity contribution in [3.05, 3.63) is 188 Å². The Bertz CT molecular complexity index is 2630. The highest BCUT2D eigenvalue weighted by molar-refractivity contribution is 7.99. The molecule has 0 atom stereocenters. The molecule has 0 fully saturated rings. The number of fused-ring (bicyclic) bond motifs is 5. The Morgan fingerprint density at radius 2 is 0.800 bits per heavy atom. The monoisotopic (exact) mass is 653 g/mol. The van der Waals surface area contributed by atoms with E-state index in [2.05, 4.69) is 193 Å². The van der Waals surface area contributed by atoms with E-state index >= 15 is 0 Å². The van der Waals surface area contributed by atoms with Gasteiger partial charge in [-0.15, -0.1) is 0 Å². The van der Waals surface area contributed by atoms with E-state index in [0.29, 0.717) is 0 Å². The molecule has 234 valence electrons. The van der Waals surface area contributed by atoms with Gasteiger partial charge in [0.15, 0.2) is 0 Å². The topological polar surface area (TPSA) is 3.24 Å². The standard InChI is InChI=1S/C48H31NS/c1-2-14-32(15-3-1)41-30-34-16-4-5-17-35(34)31-42(41)48-39-20-8-6-18-37(39)47(38-19-7-9-21-40(38)48)33-26-28-36(29-27-33)49-43-22-10-12-24-45(43)50-46-25-13-11-23-44(46)49/h1-31H. The normalized spacial score (nSPS) is 12.3. The molecule has 0 aliphatic carbocycles. The minimum atomic E-state index is 1.16. The third-order valence-electron chi connectivity index (χ3n) is 10.0. The van der Waals surface area contributed by atoms with Crippen LogP contribution in [0.3, 0.4) is 0 Å². The molecule has 9 aromatic rings. The molecule has 1 nitrogen and oxygen atoms in total. The molecule has 0 radical (unpaired) electrons. The fourth-order valence-electron chi connectivity index (χ4n) is 7.79. The molecule has 0 amide bonds. The van der Waals surface area contributed by atoms with Crippen LogP contribution in [0.1, 0.15) is 0 Å². The quantitative estimate of drug-likeness (QED) is 0.174. The molecular weight excluding hydrogens is 623 g/mol.